The Hall–Kier alpha value is -2.76. The molecule has 6 heteroatoms. The Labute approximate surface area is 115 Å². The van der Waals surface area contributed by atoms with Crippen molar-refractivity contribution in [2.24, 2.45) is 0 Å². The summed E-state index contributed by atoms with van der Waals surface area (Å²) in [5.74, 6) is 0.303. The molecule has 0 atom stereocenters. The number of ether oxygens (including phenoxy) is 2. The van der Waals surface area contributed by atoms with E-state index in [0.717, 1.165) is 0 Å². The highest BCUT2D eigenvalue weighted by atomic mass is 16.6. The minimum Gasteiger partial charge on any atom is -0.481 e. The van der Waals surface area contributed by atoms with Crippen LogP contribution in [0.5, 0.6) is 5.75 Å². The third-order valence-electron chi connectivity index (χ3n) is 2.53. The molecule has 0 fully saturated rings. The zero-order valence-corrected chi connectivity index (χ0v) is 10.8. The fourth-order valence-corrected chi connectivity index (χ4v) is 1.55. The second-order valence-corrected chi connectivity index (χ2v) is 3.81. The average molecular weight is 272 g/mol. The van der Waals surface area contributed by atoms with Gasteiger partial charge in [-0.2, -0.15) is 0 Å². The van der Waals surface area contributed by atoms with Crippen LogP contribution in [0.15, 0.2) is 36.7 Å². The molecule has 0 aliphatic carbocycles. The number of nitrogens with zero attached hydrogens (tertiary/aromatic N) is 2. The normalized spacial score (nSPS) is 9.85. The molecule has 0 saturated carbocycles. The first-order chi connectivity index (χ1) is 9.74. The van der Waals surface area contributed by atoms with Crippen LogP contribution in [0.4, 0.5) is 0 Å². The topological polar surface area (TPSA) is 78.4 Å². The van der Waals surface area contributed by atoms with Crippen molar-refractivity contribution in [2.45, 2.75) is 0 Å². The van der Waals surface area contributed by atoms with E-state index in [9.17, 15) is 9.59 Å². The minimum absolute atomic E-state index is 0.251. The number of aldehydes is 1. The summed E-state index contributed by atoms with van der Waals surface area (Å²) in [6.45, 7) is -0.251. The predicted octanol–water partition coefficient (Wildman–Crippen LogP) is 1.51. The molecular weight excluding hydrogens is 260 g/mol. The molecule has 2 aromatic rings. The average Bonchev–Trinajstić information content (AvgIpc) is 2.53. The van der Waals surface area contributed by atoms with Crippen LogP contribution in [-0.4, -0.2) is 35.9 Å². The number of aromatic nitrogens is 2. The molecule has 6 nitrogen and oxygen atoms in total. The van der Waals surface area contributed by atoms with Crippen molar-refractivity contribution < 1.29 is 19.1 Å². The smallest absolute Gasteiger partial charge is 0.343 e. The summed E-state index contributed by atoms with van der Waals surface area (Å²) in [5, 5.41) is 0. The van der Waals surface area contributed by atoms with Crippen LogP contribution in [0, 0.1) is 0 Å². The van der Waals surface area contributed by atoms with Gasteiger partial charge in [0.15, 0.2) is 18.7 Å². The van der Waals surface area contributed by atoms with Crippen molar-refractivity contribution in [1.82, 2.24) is 9.97 Å². The van der Waals surface area contributed by atoms with Crippen molar-refractivity contribution in [3.05, 3.63) is 42.2 Å². The number of methoxy groups -OCH3 is 1. The van der Waals surface area contributed by atoms with Crippen molar-refractivity contribution in [3.63, 3.8) is 0 Å². The maximum atomic E-state index is 11.1. The van der Waals surface area contributed by atoms with Gasteiger partial charge in [0.25, 0.3) is 0 Å². The second kappa shape index (κ2) is 6.42. The van der Waals surface area contributed by atoms with Gasteiger partial charge < -0.3 is 9.47 Å². The lowest BCUT2D eigenvalue weighted by atomic mass is 10.1. The molecule has 2 rings (SSSR count). The molecule has 0 aliphatic rings. The number of hydrogen-bond donors (Lipinski definition) is 0. The Morgan fingerprint density at radius 1 is 1.30 bits per heavy atom. The minimum atomic E-state index is -0.516. The van der Waals surface area contributed by atoms with Crippen LogP contribution in [0.25, 0.3) is 11.4 Å². The Morgan fingerprint density at radius 3 is 2.70 bits per heavy atom. The third-order valence-corrected chi connectivity index (χ3v) is 2.53. The summed E-state index contributed by atoms with van der Waals surface area (Å²) in [7, 11) is 1.27. The van der Waals surface area contributed by atoms with Crippen molar-refractivity contribution in [1.29, 1.82) is 0 Å². The standard InChI is InChI=1S/C14H12N2O4/c1-19-13(18)9-20-12-4-3-10(7-11(12)8-17)14-15-5-2-6-16-14/h2-8H,9H2,1H3. The van der Waals surface area contributed by atoms with E-state index in [4.69, 9.17) is 4.74 Å². The lowest BCUT2D eigenvalue weighted by Gasteiger charge is -2.08. The number of carbonyl (C=O) groups is 2. The second-order valence-electron chi connectivity index (χ2n) is 3.81. The Morgan fingerprint density at radius 2 is 2.05 bits per heavy atom. The van der Waals surface area contributed by atoms with Crippen molar-refractivity contribution in [2.75, 3.05) is 13.7 Å². The summed E-state index contributed by atoms with van der Waals surface area (Å²) in [4.78, 5) is 30.3. The molecule has 1 aromatic heterocycles. The molecule has 0 N–H and O–H groups in total. The van der Waals surface area contributed by atoms with Gasteiger partial charge in [0.05, 0.1) is 12.7 Å². The first-order valence-corrected chi connectivity index (χ1v) is 5.81. The highest BCUT2D eigenvalue weighted by Gasteiger charge is 2.09. The first-order valence-electron chi connectivity index (χ1n) is 5.81. The van der Waals surface area contributed by atoms with Gasteiger partial charge in [0, 0.05) is 18.0 Å². The molecule has 1 heterocycles. The molecule has 0 bridgehead atoms. The van der Waals surface area contributed by atoms with Crippen LogP contribution in [0.3, 0.4) is 0 Å². The monoisotopic (exact) mass is 272 g/mol. The Kier molecular flexibility index (Phi) is 4.39. The van der Waals surface area contributed by atoms with E-state index in [2.05, 4.69) is 14.7 Å². The van der Waals surface area contributed by atoms with Crippen LogP contribution in [0.1, 0.15) is 10.4 Å². The van der Waals surface area contributed by atoms with Crippen LogP contribution < -0.4 is 4.74 Å². The summed E-state index contributed by atoms with van der Waals surface area (Å²) in [5.41, 5.74) is 1.01. The van der Waals surface area contributed by atoms with E-state index < -0.39 is 5.97 Å². The molecule has 0 radical (unpaired) electrons. The number of rotatable bonds is 5. The molecular formula is C14H12N2O4. The van der Waals surface area contributed by atoms with Gasteiger partial charge in [-0.3, -0.25) is 4.79 Å². The van der Waals surface area contributed by atoms with Crippen molar-refractivity contribution in [3.8, 4) is 17.1 Å². The lowest BCUT2D eigenvalue weighted by molar-refractivity contribution is -0.142. The van der Waals surface area contributed by atoms with Crippen molar-refractivity contribution >= 4 is 12.3 Å². The molecule has 0 saturated heterocycles. The highest BCUT2D eigenvalue weighted by Crippen LogP contribution is 2.23. The number of benzene rings is 1. The van der Waals surface area contributed by atoms with Crippen LogP contribution in [0.2, 0.25) is 0 Å². The van der Waals surface area contributed by atoms with Gasteiger partial charge in [-0.25, -0.2) is 14.8 Å². The maximum absolute atomic E-state index is 11.1. The van der Waals surface area contributed by atoms with E-state index in [1.165, 1.54) is 7.11 Å². The molecule has 0 spiro atoms. The van der Waals surface area contributed by atoms with Gasteiger partial charge >= 0.3 is 5.97 Å². The zero-order valence-electron chi connectivity index (χ0n) is 10.8. The number of hydrogen-bond acceptors (Lipinski definition) is 6. The largest absolute Gasteiger partial charge is 0.481 e. The lowest BCUT2D eigenvalue weighted by Crippen LogP contribution is -2.13. The number of esters is 1. The van der Waals surface area contributed by atoms with E-state index in [0.29, 0.717) is 29.0 Å². The molecule has 1 aromatic carbocycles. The maximum Gasteiger partial charge on any atom is 0.343 e. The van der Waals surface area contributed by atoms with E-state index in [1.807, 2.05) is 0 Å². The van der Waals surface area contributed by atoms with E-state index >= 15 is 0 Å². The fraction of sp³-hybridized carbons (Fsp3) is 0.143. The van der Waals surface area contributed by atoms with Gasteiger partial charge in [-0.1, -0.05) is 0 Å². The fourth-order valence-electron chi connectivity index (χ4n) is 1.55. The SMILES string of the molecule is COC(=O)COc1ccc(-c2ncccn2)cc1C=O. The number of carbonyl (C=O) groups excluding carboxylic acids is 2. The van der Waals surface area contributed by atoms with Gasteiger partial charge in [0.2, 0.25) is 0 Å². The molecule has 0 amide bonds. The van der Waals surface area contributed by atoms with Crippen LogP contribution in [-0.2, 0) is 9.53 Å². The summed E-state index contributed by atoms with van der Waals surface area (Å²) < 4.78 is 9.69. The van der Waals surface area contributed by atoms with E-state index in [1.54, 1.807) is 36.7 Å². The summed E-state index contributed by atoms with van der Waals surface area (Å²) in [6.07, 6.45) is 3.88. The zero-order chi connectivity index (χ0) is 14.4. The van der Waals surface area contributed by atoms with E-state index in [-0.39, 0.29) is 6.61 Å². The van der Waals surface area contributed by atoms with Gasteiger partial charge in [-0.05, 0) is 24.3 Å². The quantitative estimate of drug-likeness (QED) is 0.606. The third kappa shape index (κ3) is 3.17. The summed E-state index contributed by atoms with van der Waals surface area (Å²) >= 11 is 0. The van der Waals surface area contributed by atoms with Gasteiger partial charge in [0.1, 0.15) is 5.75 Å². The molecule has 0 unspecified atom stereocenters. The molecule has 102 valence electrons. The van der Waals surface area contributed by atoms with Gasteiger partial charge in [-0.15, -0.1) is 0 Å². The molecule has 0 aliphatic heterocycles. The highest BCUT2D eigenvalue weighted by molar-refractivity contribution is 5.82. The summed E-state index contributed by atoms with van der Waals surface area (Å²) in [6, 6.07) is 6.63. The molecule has 20 heavy (non-hydrogen) atoms. The van der Waals surface area contributed by atoms with Crippen LogP contribution >= 0.6 is 0 Å². The first kappa shape index (κ1) is 13.7. The Bertz CT molecular complexity index is 614. The predicted molar refractivity (Wildman–Crippen MR) is 70.4 cm³/mol. The Balaban J connectivity index is 2.24.